The Balaban J connectivity index is 2.11. The van der Waals surface area contributed by atoms with Crippen molar-refractivity contribution in [3.63, 3.8) is 0 Å². The third-order valence-corrected chi connectivity index (χ3v) is 3.83. The maximum atomic E-state index is 13.1. The summed E-state index contributed by atoms with van der Waals surface area (Å²) in [7, 11) is 0. The molecule has 2 amide bonds. The van der Waals surface area contributed by atoms with E-state index in [9.17, 15) is 14.0 Å². The second kappa shape index (κ2) is 4.83. The van der Waals surface area contributed by atoms with Crippen LogP contribution in [-0.2, 0) is 11.2 Å². The Morgan fingerprint density at radius 1 is 1.10 bits per heavy atom. The molecule has 100 valence electrons. The molecule has 0 unspecified atom stereocenters. The van der Waals surface area contributed by atoms with Crippen LogP contribution in [0.15, 0.2) is 46.9 Å². The van der Waals surface area contributed by atoms with Crippen LogP contribution in [0.25, 0.3) is 0 Å². The summed E-state index contributed by atoms with van der Waals surface area (Å²) in [4.78, 5) is 25.7. The molecule has 0 aromatic heterocycles. The first-order valence-corrected chi connectivity index (χ1v) is 6.77. The summed E-state index contributed by atoms with van der Waals surface area (Å²) in [5.74, 6) is -1.14. The Morgan fingerprint density at radius 2 is 1.85 bits per heavy atom. The maximum Gasteiger partial charge on any atom is 0.265 e. The van der Waals surface area contributed by atoms with E-state index in [4.69, 9.17) is 0 Å². The van der Waals surface area contributed by atoms with Gasteiger partial charge in [-0.2, -0.15) is 0 Å². The molecule has 20 heavy (non-hydrogen) atoms. The molecule has 1 aliphatic rings. The predicted molar refractivity (Wildman–Crippen MR) is 76.1 cm³/mol. The lowest BCUT2D eigenvalue weighted by Crippen LogP contribution is -2.42. The molecule has 5 heteroatoms. The van der Waals surface area contributed by atoms with Gasteiger partial charge in [0.25, 0.3) is 5.91 Å². The highest BCUT2D eigenvalue weighted by Crippen LogP contribution is 2.31. The van der Waals surface area contributed by atoms with Gasteiger partial charge in [-0.25, -0.2) is 9.29 Å². The third kappa shape index (κ3) is 2.04. The molecule has 0 aliphatic carbocycles. The number of hydrogen-bond acceptors (Lipinski definition) is 2. The van der Waals surface area contributed by atoms with Gasteiger partial charge in [-0.1, -0.05) is 18.2 Å². The van der Waals surface area contributed by atoms with Gasteiger partial charge in [-0.3, -0.25) is 9.59 Å². The molecule has 0 saturated heterocycles. The number of fused-ring (bicyclic) bond motifs is 1. The number of carbonyl (C=O) groups excluding carboxylic acids is 2. The molecule has 0 atom stereocenters. The Bertz CT molecular complexity index is 730. The molecular weight excluding hydrogens is 325 g/mol. The molecule has 2 aromatic rings. The van der Waals surface area contributed by atoms with Crippen LogP contribution in [0.4, 0.5) is 10.1 Å². The first kappa shape index (κ1) is 13.0. The van der Waals surface area contributed by atoms with Gasteiger partial charge in [-0.05, 0) is 45.8 Å². The summed E-state index contributed by atoms with van der Waals surface area (Å²) in [5.41, 5.74) is 1.58. The van der Waals surface area contributed by atoms with E-state index in [1.54, 1.807) is 24.3 Å². The summed E-state index contributed by atoms with van der Waals surface area (Å²) in [5, 5.41) is 0. The lowest BCUT2D eigenvalue weighted by Gasteiger charge is -2.27. The van der Waals surface area contributed by atoms with Crippen LogP contribution in [0, 0.1) is 5.82 Å². The second-order valence-electron chi connectivity index (χ2n) is 4.46. The summed E-state index contributed by atoms with van der Waals surface area (Å²) >= 11 is 3.19. The van der Waals surface area contributed by atoms with Crippen LogP contribution in [-0.4, -0.2) is 11.8 Å². The largest absolute Gasteiger partial charge is 0.274 e. The molecule has 0 spiro atoms. The summed E-state index contributed by atoms with van der Waals surface area (Å²) in [6.07, 6.45) is 0.158. The fourth-order valence-electron chi connectivity index (χ4n) is 2.27. The molecule has 0 N–H and O–H groups in total. The van der Waals surface area contributed by atoms with Gasteiger partial charge in [-0.15, -0.1) is 0 Å². The van der Waals surface area contributed by atoms with Crippen LogP contribution in [0.2, 0.25) is 0 Å². The molecule has 0 fully saturated rings. The van der Waals surface area contributed by atoms with Gasteiger partial charge >= 0.3 is 0 Å². The normalized spacial score (nSPS) is 14.4. The quantitative estimate of drug-likeness (QED) is 0.751. The topological polar surface area (TPSA) is 37.4 Å². The molecule has 3 rings (SSSR count). The zero-order valence-corrected chi connectivity index (χ0v) is 11.9. The molecular formula is C15H9BrFNO2. The van der Waals surface area contributed by atoms with Crippen molar-refractivity contribution in [2.24, 2.45) is 0 Å². The molecule has 0 bridgehead atoms. The number of nitrogens with zero attached hydrogens (tertiary/aromatic N) is 1. The molecule has 3 nitrogen and oxygen atoms in total. The minimum Gasteiger partial charge on any atom is -0.274 e. The zero-order chi connectivity index (χ0) is 14.3. The number of halogens is 2. The SMILES string of the molecule is O=C1Cc2ccccc2C(=O)N1c1ccc(F)cc1Br. The van der Waals surface area contributed by atoms with Crippen LogP contribution < -0.4 is 4.90 Å². The highest BCUT2D eigenvalue weighted by atomic mass is 79.9. The third-order valence-electron chi connectivity index (χ3n) is 3.19. The van der Waals surface area contributed by atoms with Crippen LogP contribution in [0.3, 0.4) is 0 Å². The Kier molecular flexibility index (Phi) is 3.14. The molecule has 1 aliphatic heterocycles. The summed E-state index contributed by atoms with van der Waals surface area (Å²) in [6.45, 7) is 0. The van der Waals surface area contributed by atoms with E-state index in [1.807, 2.05) is 0 Å². The number of anilines is 1. The van der Waals surface area contributed by atoms with Gasteiger partial charge < -0.3 is 0 Å². The van der Waals surface area contributed by atoms with E-state index in [0.29, 0.717) is 15.7 Å². The maximum absolute atomic E-state index is 13.1. The van der Waals surface area contributed by atoms with Crippen LogP contribution >= 0.6 is 15.9 Å². The minimum absolute atomic E-state index is 0.158. The van der Waals surface area contributed by atoms with E-state index in [2.05, 4.69) is 15.9 Å². The number of amides is 2. The average Bonchev–Trinajstić information content (AvgIpc) is 2.41. The van der Waals surface area contributed by atoms with Crippen molar-refractivity contribution in [1.82, 2.24) is 0 Å². The lowest BCUT2D eigenvalue weighted by molar-refractivity contribution is -0.117. The number of imide groups is 1. The first-order valence-electron chi connectivity index (χ1n) is 5.98. The molecule has 2 aromatic carbocycles. The average molecular weight is 334 g/mol. The predicted octanol–water partition coefficient (Wildman–Crippen LogP) is 3.32. The number of carbonyl (C=O) groups is 2. The minimum atomic E-state index is -0.432. The number of hydrogen-bond donors (Lipinski definition) is 0. The van der Waals surface area contributed by atoms with Gasteiger partial charge in [0.1, 0.15) is 5.82 Å². The van der Waals surface area contributed by atoms with Crippen molar-refractivity contribution in [2.45, 2.75) is 6.42 Å². The van der Waals surface area contributed by atoms with Crippen molar-refractivity contribution >= 4 is 33.4 Å². The van der Waals surface area contributed by atoms with E-state index < -0.39 is 5.82 Å². The highest BCUT2D eigenvalue weighted by Gasteiger charge is 2.32. The van der Waals surface area contributed by atoms with Crippen molar-refractivity contribution < 1.29 is 14.0 Å². The summed E-state index contributed by atoms with van der Waals surface area (Å²) < 4.78 is 13.5. The highest BCUT2D eigenvalue weighted by molar-refractivity contribution is 9.10. The van der Waals surface area contributed by atoms with Crippen molar-refractivity contribution in [2.75, 3.05) is 4.90 Å². The van der Waals surface area contributed by atoms with Crippen LogP contribution in [0.1, 0.15) is 15.9 Å². The second-order valence-corrected chi connectivity index (χ2v) is 5.32. The Morgan fingerprint density at radius 3 is 2.60 bits per heavy atom. The standard InChI is InChI=1S/C15H9BrFNO2/c16-12-8-10(17)5-6-13(12)18-14(19)7-9-3-1-2-4-11(9)15(18)20/h1-6,8H,7H2. The van der Waals surface area contributed by atoms with Crippen molar-refractivity contribution in [3.8, 4) is 0 Å². The first-order chi connectivity index (χ1) is 9.58. The van der Waals surface area contributed by atoms with Crippen molar-refractivity contribution in [1.29, 1.82) is 0 Å². The fourth-order valence-corrected chi connectivity index (χ4v) is 2.79. The van der Waals surface area contributed by atoms with Gasteiger partial charge in [0, 0.05) is 10.0 Å². The van der Waals surface area contributed by atoms with Crippen LogP contribution in [0.5, 0.6) is 0 Å². The number of rotatable bonds is 1. The Hall–Kier alpha value is -2.01. The van der Waals surface area contributed by atoms with E-state index in [0.717, 1.165) is 10.5 Å². The molecule has 1 heterocycles. The number of benzene rings is 2. The van der Waals surface area contributed by atoms with E-state index >= 15 is 0 Å². The monoisotopic (exact) mass is 333 g/mol. The molecule has 0 radical (unpaired) electrons. The Labute approximate surface area is 123 Å². The smallest absolute Gasteiger partial charge is 0.265 e. The zero-order valence-electron chi connectivity index (χ0n) is 10.3. The van der Waals surface area contributed by atoms with E-state index in [1.165, 1.54) is 18.2 Å². The van der Waals surface area contributed by atoms with Gasteiger partial charge in [0.2, 0.25) is 5.91 Å². The lowest BCUT2D eigenvalue weighted by atomic mass is 9.98. The van der Waals surface area contributed by atoms with Crippen molar-refractivity contribution in [3.05, 3.63) is 63.9 Å². The van der Waals surface area contributed by atoms with E-state index in [-0.39, 0.29) is 18.2 Å². The van der Waals surface area contributed by atoms with Gasteiger partial charge in [0.05, 0.1) is 12.1 Å². The fraction of sp³-hybridized carbons (Fsp3) is 0.0667. The summed E-state index contributed by atoms with van der Waals surface area (Å²) in [6, 6.07) is 10.9. The molecule has 0 saturated carbocycles. The van der Waals surface area contributed by atoms with Gasteiger partial charge in [0.15, 0.2) is 0 Å².